The van der Waals surface area contributed by atoms with E-state index in [0.29, 0.717) is 6.07 Å². The molecule has 0 fully saturated rings. The molecule has 0 aliphatic heterocycles. The van der Waals surface area contributed by atoms with Crippen LogP contribution in [0, 0.1) is 0 Å². The minimum absolute atomic E-state index is 0.555. The Balaban J connectivity index is 3.12. The van der Waals surface area contributed by atoms with Gasteiger partial charge in [0, 0.05) is 0 Å². The predicted molar refractivity (Wildman–Crippen MR) is 47.7 cm³/mol. The largest absolute Gasteiger partial charge is 0.504 e. The molecule has 0 amide bonds. The van der Waals surface area contributed by atoms with Crippen LogP contribution in [0.5, 0.6) is 11.5 Å². The van der Waals surface area contributed by atoms with Crippen molar-refractivity contribution in [3.8, 4) is 11.5 Å². The zero-order valence-electron chi connectivity index (χ0n) is 8.17. The number of rotatable bonds is 2. The Hall–Kier alpha value is -1.57. The molecule has 96 valence electrons. The molecule has 1 aromatic carbocycles. The fourth-order valence-corrected chi connectivity index (χ4v) is 1.12. The number of aromatic hydroxyl groups is 2. The molecule has 0 saturated carbocycles. The Morgan fingerprint density at radius 2 is 1.53 bits per heavy atom. The third kappa shape index (κ3) is 2.41. The van der Waals surface area contributed by atoms with Crippen LogP contribution in [0.25, 0.3) is 0 Å². The zero-order valence-corrected chi connectivity index (χ0v) is 8.17. The van der Waals surface area contributed by atoms with Gasteiger partial charge in [0.25, 0.3) is 0 Å². The SMILES string of the molecule is N[C@@H](c1ccc(O)c(O)c1)C(F)(F)C(F)(F)F. The number of alkyl halides is 5. The minimum atomic E-state index is -5.79. The molecule has 3 nitrogen and oxygen atoms in total. The van der Waals surface area contributed by atoms with Gasteiger partial charge in [-0.2, -0.15) is 22.0 Å². The van der Waals surface area contributed by atoms with Crippen molar-refractivity contribution in [1.29, 1.82) is 0 Å². The number of halogens is 5. The summed E-state index contributed by atoms with van der Waals surface area (Å²) in [5.41, 5.74) is 4.18. The number of benzene rings is 1. The molecular weight excluding hydrogens is 249 g/mol. The lowest BCUT2D eigenvalue weighted by atomic mass is 10.0. The molecule has 0 aliphatic rings. The van der Waals surface area contributed by atoms with Gasteiger partial charge in [-0.3, -0.25) is 0 Å². The van der Waals surface area contributed by atoms with E-state index in [1.807, 2.05) is 0 Å². The second-order valence-electron chi connectivity index (χ2n) is 3.35. The summed E-state index contributed by atoms with van der Waals surface area (Å²) in [7, 11) is 0. The molecule has 1 aromatic rings. The molecular formula is C9H8F5NO2. The second-order valence-corrected chi connectivity index (χ2v) is 3.35. The molecule has 17 heavy (non-hydrogen) atoms. The van der Waals surface area contributed by atoms with E-state index >= 15 is 0 Å². The number of nitrogens with two attached hydrogens (primary N) is 1. The van der Waals surface area contributed by atoms with Crippen molar-refractivity contribution < 1.29 is 32.2 Å². The summed E-state index contributed by atoms with van der Waals surface area (Å²) < 4.78 is 61.7. The average molecular weight is 257 g/mol. The fraction of sp³-hybridized carbons (Fsp3) is 0.333. The van der Waals surface area contributed by atoms with Crippen LogP contribution in [-0.4, -0.2) is 22.3 Å². The van der Waals surface area contributed by atoms with Crippen molar-refractivity contribution in [3.63, 3.8) is 0 Å². The maximum atomic E-state index is 12.8. The quantitative estimate of drug-likeness (QED) is 0.562. The third-order valence-corrected chi connectivity index (χ3v) is 2.13. The first-order chi connectivity index (χ1) is 7.57. The standard InChI is InChI=1S/C9H8F5NO2/c10-8(11,9(12,13)14)7(15)4-1-2-5(16)6(17)3-4/h1-3,7,16-17H,15H2/t7-/m0/s1. The molecule has 0 saturated heterocycles. The summed E-state index contributed by atoms with van der Waals surface area (Å²) in [5.74, 6) is -6.59. The van der Waals surface area contributed by atoms with Crippen molar-refractivity contribution >= 4 is 0 Å². The van der Waals surface area contributed by atoms with Gasteiger partial charge < -0.3 is 15.9 Å². The fourth-order valence-electron chi connectivity index (χ4n) is 1.12. The van der Waals surface area contributed by atoms with Gasteiger partial charge in [-0.1, -0.05) is 6.07 Å². The first-order valence-corrected chi connectivity index (χ1v) is 4.29. The second kappa shape index (κ2) is 4.02. The van der Waals surface area contributed by atoms with E-state index in [1.54, 1.807) is 0 Å². The third-order valence-electron chi connectivity index (χ3n) is 2.13. The molecule has 4 N–H and O–H groups in total. The van der Waals surface area contributed by atoms with E-state index in [4.69, 9.17) is 15.9 Å². The summed E-state index contributed by atoms with van der Waals surface area (Å²) in [4.78, 5) is 0. The molecule has 8 heteroatoms. The van der Waals surface area contributed by atoms with Crippen LogP contribution in [0.3, 0.4) is 0 Å². The molecule has 1 rings (SSSR count). The smallest absolute Gasteiger partial charge is 0.455 e. The van der Waals surface area contributed by atoms with Crippen molar-refractivity contribution in [2.24, 2.45) is 5.73 Å². The highest BCUT2D eigenvalue weighted by molar-refractivity contribution is 5.42. The number of hydrogen-bond donors (Lipinski definition) is 3. The summed E-state index contributed by atoms with van der Waals surface area (Å²) in [6, 6.07) is -0.551. The lowest BCUT2D eigenvalue weighted by Crippen LogP contribution is -2.45. The lowest BCUT2D eigenvalue weighted by Gasteiger charge is -2.26. The first-order valence-electron chi connectivity index (χ1n) is 4.29. The van der Waals surface area contributed by atoms with Crippen LogP contribution in [0.4, 0.5) is 22.0 Å². The van der Waals surface area contributed by atoms with Gasteiger partial charge in [0.2, 0.25) is 0 Å². The van der Waals surface area contributed by atoms with Crippen LogP contribution in [0.15, 0.2) is 18.2 Å². The summed E-state index contributed by atoms with van der Waals surface area (Å²) in [6.07, 6.45) is -5.79. The molecule has 1 atom stereocenters. The van der Waals surface area contributed by atoms with Gasteiger partial charge in [0.05, 0.1) is 0 Å². The van der Waals surface area contributed by atoms with E-state index in [1.165, 1.54) is 0 Å². The Morgan fingerprint density at radius 3 is 1.94 bits per heavy atom. The highest BCUT2D eigenvalue weighted by atomic mass is 19.4. The van der Waals surface area contributed by atoms with Crippen LogP contribution in [0.1, 0.15) is 11.6 Å². The number of hydrogen-bond acceptors (Lipinski definition) is 3. The predicted octanol–water partition coefficient (Wildman–Crippen LogP) is 2.30. The van der Waals surface area contributed by atoms with Crippen LogP contribution < -0.4 is 5.73 Å². The summed E-state index contributed by atoms with van der Waals surface area (Å²) in [6.45, 7) is 0. The molecule has 0 aliphatic carbocycles. The molecule has 0 heterocycles. The molecule has 0 radical (unpaired) electrons. The molecule has 0 bridgehead atoms. The first kappa shape index (κ1) is 13.5. The van der Waals surface area contributed by atoms with Gasteiger partial charge in [0.15, 0.2) is 11.5 Å². The summed E-state index contributed by atoms with van der Waals surface area (Å²) >= 11 is 0. The van der Waals surface area contributed by atoms with Gasteiger partial charge >= 0.3 is 12.1 Å². The number of phenols is 2. The van der Waals surface area contributed by atoms with E-state index in [2.05, 4.69) is 0 Å². The van der Waals surface area contributed by atoms with Crippen molar-refractivity contribution in [2.75, 3.05) is 0 Å². The number of phenolic OH excluding ortho intramolecular Hbond substituents is 2. The minimum Gasteiger partial charge on any atom is -0.504 e. The van der Waals surface area contributed by atoms with Crippen molar-refractivity contribution in [2.45, 2.75) is 18.1 Å². The highest BCUT2D eigenvalue weighted by Crippen LogP contribution is 2.44. The molecule has 0 aromatic heterocycles. The molecule has 0 spiro atoms. The van der Waals surface area contributed by atoms with E-state index < -0.39 is 35.2 Å². The Labute approximate surface area is 92.3 Å². The van der Waals surface area contributed by atoms with E-state index in [-0.39, 0.29) is 0 Å². The van der Waals surface area contributed by atoms with Crippen molar-refractivity contribution in [3.05, 3.63) is 23.8 Å². The van der Waals surface area contributed by atoms with E-state index in [0.717, 1.165) is 12.1 Å². The normalized spacial score (nSPS) is 14.7. The Morgan fingerprint density at radius 1 is 1.00 bits per heavy atom. The highest BCUT2D eigenvalue weighted by Gasteiger charge is 2.61. The average Bonchev–Trinajstić information content (AvgIpc) is 2.19. The monoisotopic (exact) mass is 257 g/mol. The van der Waals surface area contributed by atoms with Gasteiger partial charge in [0.1, 0.15) is 6.04 Å². The molecule has 0 unspecified atom stereocenters. The van der Waals surface area contributed by atoms with Crippen molar-refractivity contribution in [1.82, 2.24) is 0 Å². The van der Waals surface area contributed by atoms with E-state index in [9.17, 15) is 22.0 Å². The maximum Gasteiger partial charge on any atom is 0.455 e. The van der Waals surface area contributed by atoms with Gasteiger partial charge in [-0.15, -0.1) is 0 Å². The summed E-state index contributed by atoms with van der Waals surface area (Å²) in [5, 5.41) is 17.9. The van der Waals surface area contributed by atoms with Crippen LogP contribution in [0.2, 0.25) is 0 Å². The Kier molecular flexibility index (Phi) is 3.19. The van der Waals surface area contributed by atoms with Crippen LogP contribution >= 0.6 is 0 Å². The van der Waals surface area contributed by atoms with Crippen LogP contribution in [-0.2, 0) is 0 Å². The lowest BCUT2D eigenvalue weighted by molar-refractivity contribution is -0.291. The zero-order chi connectivity index (χ0) is 13.4. The maximum absolute atomic E-state index is 12.8. The topological polar surface area (TPSA) is 66.5 Å². The van der Waals surface area contributed by atoms with Gasteiger partial charge in [-0.25, -0.2) is 0 Å². The van der Waals surface area contributed by atoms with Gasteiger partial charge in [-0.05, 0) is 17.7 Å². The Bertz CT molecular complexity index is 418.